The van der Waals surface area contributed by atoms with Crippen LogP contribution in [-0.4, -0.2) is 58.1 Å². The van der Waals surface area contributed by atoms with Gasteiger partial charge >= 0.3 is 7.82 Å². The molecule has 184 valence electrons. The lowest BCUT2D eigenvalue weighted by molar-refractivity contribution is 0.0774. The van der Waals surface area contributed by atoms with E-state index >= 15 is 0 Å². The minimum absolute atomic E-state index is 0.159. The lowest BCUT2D eigenvalue weighted by Crippen LogP contribution is -2.47. The maximum Gasteiger partial charge on any atom is 0.469 e. The van der Waals surface area contributed by atoms with E-state index in [1.165, 1.54) is 5.56 Å². The maximum atomic E-state index is 12.9. The number of nitrogens with zero attached hydrogens (tertiary/aromatic N) is 2. The van der Waals surface area contributed by atoms with E-state index in [4.69, 9.17) is 20.4 Å². The molecule has 0 spiro atoms. The van der Waals surface area contributed by atoms with E-state index < -0.39 is 13.4 Å². The number of phosphoric ester groups is 1. The van der Waals surface area contributed by atoms with Gasteiger partial charge < -0.3 is 25.3 Å². The predicted molar refractivity (Wildman–Crippen MR) is 129 cm³/mol. The van der Waals surface area contributed by atoms with Crippen LogP contribution in [0.3, 0.4) is 0 Å². The van der Waals surface area contributed by atoms with Crippen molar-refractivity contribution in [2.24, 2.45) is 10.9 Å². The Balaban J connectivity index is 1.52. The number of rotatable bonds is 11. The zero-order valence-corrected chi connectivity index (χ0v) is 20.2. The summed E-state index contributed by atoms with van der Waals surface area (Å²) < 4.78 is 15.5. The molecule has 0 bridgehead atoms. The molecule has 3 rings (SSSR count). The molecule has 0 saturated carbocycles. The summed E-state index contributed by atoms with van der Waals surface area (Å²) in [7, 11) is -4.61. The summed E-state index contributed by atoms with van der Waals surface area (Å²) in [5.41, 5.74) is 8.63. The Kier molecular flexibility index (Phi) is 8.99. The van der Waals surface area contributed by atoms with Crippen molar-refractivity contribution in [1.29, 1.82) is 0 Å². The highest BCUT2D eigenvalue weighted by molar-refractivity contribution is 7.46. The van der Waals surface area contributed by atoms with Gasteiger partial charge in [0.15, 0.2) is 0 Å². The number of nitrogens with two attached hydrogens (primary N) is 1. The van der Waals surface area contributed by atoms with E-state index in [1.807, 2.05) is 37.3 Å². The average molecular weight is 490 g/mol. The minimum atomic E-state index is -4.61. The molecule has 34 heavy (non-hydrogen) atoms. The highest BCUT2D eigenvalue weighted by atomic mass is 31.2. The normalized spacial score (nSPS) is 18.8. The van der Waals surface area contributed by atoms with Crippen molar-refractivity contribution in [3.05, 3.63) is 71.3 Å². The molecule has 10 heteroatoms. The zero-order valence-electron chi connectivity index (χ0n) is 19.3. The number of hydrogen-bond donors (Lipinski definition) is 3. The van der Waals surface area contributed by atoms with Crippen molar-refractivity contribution < 1.29 is 28.5 Å². The van der Waals surface area contributed by atoms with E-state index in [9.17, 15) is 9.36 Å². The zero-order chi connectivity index (χ0) is 24.6. The molecule has 0 aliphatic carbocycles. The maximum absolute atomic E-state index is 12.9. The lowest BCUT2D eigenvalue weighted by atomic mass is 10.0. The summed E-state index contributed by atoms with van der Waals surface area (Å²) >= 11 is 0. The van der Waals surface area contributed by atoms with Crippen LogP contribution in [0.5, 0.6) is 0 Å². The van der Waals surface area contributed by atoms with Gasteiger partial charge in [0, 0.05) is 18.7 Å². The van der Waals surface area contributed by atoms with Gasteiger partial charge in [-0.25, -0.2) is 4.57 Å². The first kappa shape index (κ1) is 26.1. The largest absolute Gasteiger partial charge is 0.469 e. The fourth-order valence-corrected chi connectivity index (χ4v) is 4.24. The van der Waals surface area contributed by atoms with Crippen LogP contribution in [0.4, 0.5) is 0 Å². The predicted octanol–water partition coefficient (Wildman–Crippen LogP) is 3.10. The van der Waals surface area contributed by atoms with Crippen LogP contribution in [-0.2, 0) is 20.3 Å². The molecule has 1 aliphatic heterocycles. The molecule has 1 saturated heterocycles. The number of hydrogen-bond acceptors (Lipinski definition) is 6. The van der Waals surface area contributed by atoms with Crippen LogP contribution in [0.1, 0.15) is 47.7 Å². The first-order valence-electron chi connectivity index (χ1n) is 11.3. The molecule has 1 atom stereocenters. The van der Waals surface area contributed by atoms with Gasteiger partial charge in [0.25, 0.3) is 5.91 Å². The monoisotopic (exact) mass is 489 g/mol. The van der Waals surface area contributed by atoms with Crippen molar-refractivity contribution in [3.63, 3.8) is 0 Å². The molecule has 1 heterocycles. The third kappa shape index (κ3) is 7.75. The van der Waals surface area contributed by atoms with Crippen molar-refractivity contribution in [2.75, 3.05) is 26.3 Å². The van der Waals surface area contributed by atoms with Gasteiger partial charge in [0.1, 0.15) is 6.61 Å². The number of aryl methyl sites for hydroxylation is 1. The van der Waals surface area contributed by atoms with E-state index in [0.717, 1.165) is 24.1 Å². The molecule has 9 nitrogen and oxygen atoms in total. The molecule has 2 aromatic carbocycles. The number of benzene rings is 2. The molecule has 0 radical (unpaired) electrons. The number of amides is 1. The Morgan fingerprint density at radius 1 is 1.15 bits per heavy atom. The number of phosphoric acid groups is 1. The standard InChI is InChI=1S/C24H32N3O6P/c1-2-22(26-32-16-6-9-19-7-4-3-5-8-19)20-10-12-21(13-11-20)23(28)27-15-14-24(25,17-27)18-33-34(29,30)31/h3-5,7-8,10-13H,2,6,9,14-18,25H2,1H3,(H2,29,30,31)/b26-22+/t24-/m0/s1. The first-order valence-corrected chi connectivity index (χ1v) is 12.8. The highest BCUT2D eigenvalue weighted by Gasteiger charge is 2.38. The van der Waals surface area contributed by atoms with Gasteiger partial charge in [-0.2, -0.15) is 0 Å². The van der Waals surface area contributed by atoms with Crippen LogP contribution >= 0.6 is 7.82 Å². The summed E-state index contributed by atoms with van der Waals surface area (Å²) in [6, 6.07) is 17.4. The van der Waals surface area contributed by atoms with Gasteiger partial charge in [-0.05, 0) is 48.9 Å². The molecular formula is C24H32N3O6P. The van der Waals surface area contributed by atoms with Gasteiger partial charge in [0.2, 0.25) is 0 Å². The minimum Gasteiger partial charge on any atom is -0.396 e. The SMILES string of the molecule is CC/C(=N\OCCCc1ccccc1)c1ccc(C(=O)N2CC[C@@](N)(COP(=O)(O)O)C2)cc1. The first-order chi connectivity index (χ1) is 16.2. The van der Waals surface area contributed by atoms with Crippen LogP contribution < -0.4 is 5.73 Å². The van der Waals surface area contributed by atoms with E-state index in [2.05, 4.69) is 21.8 Å². The van der Waals surface area contributed by atoms with Crippen LogP contribution in [0.25, 0.3) is 0 Å². The molecule has 1 amide bonds. The van der Waals surface area contributed by atoms with Crippen LogP contribution in [0.15, 0.2) is 59.8 Å². The second kappa shape index (κ2) is 11.7. The summed E-state index contributed by atoms with van der Waals surface area (Å²) in [4.78, 5) is 37.8. The van der Waals surface area contributed by atoms with Crippen LogP contribution in [0, 0.1) is 0 Å². The summed E-state index contributed by atoms with van der Waals surface area (Å²) in [5.74, 6) is -0.192. The fourth-order valence-electron chi connectivity index (χ4n) is 3.82. The van der Waals surface area contributed by atoms with E-state index in [-0.39, 0.29) is 19.1 Å². The third-order valence-corrected chi connectivity index (χ3v) is 6.18. The summed E-state index contributed by atoms with van der Waals surface area (Å²) in [5, 5.41) is 4.28. The fraction of sp³-hybridized carbons (Fsp3) is 0.417. The Hall–Kier alpha value is -2.55. The number of oxime groups is 1. The molecule has 1 fully saturated rings. The van der Waals surface area contributed by atoms with Crippen LogP contribution in [0.2, 0.25) is 0 Å². The van der Waals surface area contributed by atoms with Crippen molar-refractivity contribution >= 4 is 19.4 Å². The van der Waals surface area contributed by atoms with Crippen molar-refractivity contribution in [1.82, 2.24) is 4.90 Å². The third-order valence-electron chi connectivity index (χ3n) is 5.71. The second-order valence-electron chi connectivity index (χ2n) is 8.49. The topological polar surface area (TPSA) is 135 Å². The van der Waals surface area contributed by atoms with Gasteiger partial charge in [-0.15, -0.1) is 0 Å². The number of likely N-dealkylation sites (tertiary alicyclic amines) is 1. The quantitative estimate of drug-likeness (QED) is 0.191. The number of carbonyl (C=O) groups excluding carboxylic acids is 1. The van der Waals surface area contributed by atoms with Gasteiger partial charge in [0.05, 0.1) is 17.9 Å². The number of carbonyl (C=O) groups is 1. The summed E-state index contributed by atoms with van der Waals surface area (Å²) in [6.45, 7) is 2.75. The Morgan fingerprint density at radius 2 is 1.82 bits per heavy atom. The van der Waals surface area contributed by atoms with Gasteiger partial charge in [-0.1, -0.05) is 54.5 Å². The summed E-state index contributed by atoms with van der Waals surface area (Å²) in [6.07, 6.45) is 2.88. The van der Waals surface area contributed by atoms with E-state index in [1.54, 1.807) is 17.0 Å². The second-order valence-corrected chi connectivity index (χ2v) is 9.73. The Morgan fingerprint density at radius 3 is 2.47 bits per heavy atom. The molecule has 2 aromatic rings. The van der Waals surface area contributed by atoms with Gasteiger partial charge in [-0.3, -0.25) is 9.32 Å². The lowest BCUT2D eigenvalue weighted by Gasteiger charge is -2.24. The molecule has 1 aliphatic rings. The molecule has 0 unspecified atom stereocenters. The molecule has 0 aromatic heterocycles. The Labute approximate surface area is 199 Å². The van der Waals surface area contributed by atoms with Crippen molar-refractivity contribution in [3.8, 4) is 0 Å². The molecular weight excluding hydrogens is 457 g/mol. The average Bonchev–Trinajstić information content (AvgIpc) is 3.23. The van der Waals surface area contributed by atoms with Crippen molar-refractivity contribution in [2.45, 2.75) is 38.1 Å². The van der Waals surface area contributed by atoms with E-state index in [0.29, 0.717) is 31.6 Å². The molecule has 4 N–H and O–H groups in total. The smallest absolute Gasteiger partial charge is 0.396 e. The highest BCUT2D eigenvalue weighted by Crippen LogP contribution is 2.37. The Bertz CT molecular complexity index is 1020.